The molecular weight excluding hydrogens is 377 g/mol. The fourth-order valence-corrected chi connectivity index (χ4v) is 3.10. The molecule has 1 unspecified atom stereocenters. The average Bonchev–Trinajstić information content (AvgIpc) is 2.64. The SMILES string of the molecule is O=C(c1ccccc1)C(Nc1cc(Cl)c(Cl)cc1Cl)c1ccccc1. The first-order valence-electron chi connectivity index (χ1n) is 7.61. The molecule has 2 nitrogen and oxygen atoms in total. The number of hydrogen-bond acceptors (Lipinski definition) is 2. The van der Waals surface area contributed by atoms with Crippen LogP contribution >= 0.6 is 34.8 Å². The summed E-state index contributed by atoms with van der Waals surface area (Å²) in [6.07, 6.45) is 0. The van der Waals surface area contributed by atoms with E-state index in [0.717, 1.165) is 5.56 Å². The van der Waals surface area contributed by atoms with Gasteiger partial charge in [0.1, 0.15) is 6.04 Å². The summed E-state index contributed by atoms with van der Waals surface area (Å²) in [7, 11) is 0. The first-order chi connectivity index (χ1) is 12.1. The number of anilines is 1. The van der Waals surface area contributed by atoms with Gasteiger partial charge in [-0.05, 0) is 17.7 Å². The molecule has 0 aromatic heterocycles. The molecule has 0 amide bonds. The lowest BCUT2D eigenvalue weighted by Gasteiger charge is -2.20. The number of rotatable bonds is 5. The zero-order valence-electron chi connectivity index (χ0n) is 13.0. The van der Waals surface area contributed by atoms with Gasteiger partial charge in [0.05, 0.1) is 20.8 Å². The van der Waals surface area contributed by atoms with Crippen molar-refractivity contribution < 1.29 is 4.79 Å². The maximum absolute atomic E-state index is 13.0. The molecule has 5 heteroatoms. The quantitative estimate of drug-likeness (QED) is 0.389. The summed E-state index contributed by atoms with van der Waals surface area (Å²) < 4.78 is 0. The van der Waals surface area contributed by atoms with Crippen LogP contribution in [-0.2, 0) is 0 Å². The van der Waals surface area contributed by atoms with E-state index in [1.54, 1.807) is 24.3 Å². The van der Waals surface area contributed by atoms with E-state index in [1.807, 2.05) is 48.5 Å². The Balaban J connectivity index is 2.01. The average molecular weight is 391 g/mol. The number of carbonyl (C=O) groups excluding carboxylic acids is 1. The predicted molar refractivity (Wildman–Crippen MR) is 105 cm³/mol. The van der Waals surface area contributed by atoms with E-state index in [4.69, 9.17) is 34.8 Å². The van der Waals surface area contributed by atoms with Crippen LogP contribution in [0.3, 0.4) is 0 Å². The molecule has 0 aliphatic rings. The lowest BCUT2D eigenvalue weighted by atomic mass is 9.97. The van der Waals surface area contributed by atoms with Crippen LogP contribution in [0.15, 0.2) is 72.8 Å². The molecule has 0 aliphatic heterocycles. The summed E-state index contributed by atoms with van der Waals surface area (Å²) in [4.78, 5) is 13.0. The minimum atomic E-state index is -0.599. The van der Waals surface area contributed by atoms with Gasteiger partial charge in [0.25, 0.3) is 0 Å². The van der Waals surface area contributed by atoms with Crippen molar-refractivity contribution in [3.05, 3.63) is 99.0 Å². The van der Waals surface area contributed by atoms with E-state index in [0.29, 0.717) is 26.3 Å². The van der Waals surface area contributed by atoms with Gasteiger partial charge in [-0.2, -0.15) is 0 Å². The first-order valence-corrected chi connectivity index (χ1v) is 8.75. The molecule has 3 aromatic carbocycles. The Bertz CT molecular complexity index is 882. The number of hydrogen-bond donors (Lipinski definition) is 1. The molecule has 0 bridgehead atoms. The van der Waals surface area contributed by atoms with Gasteiger partial charge in [-0.1, -0.05) is 95.5 Å². The third kappa shape index (κ3) is 4.16. The Hall–Kier alpha value is -2.00. The number of nitrogens with one attached hydrogen (secondary N) is 1. The van der Waals surface area contributed by atoms with E-state index >= 15 is 0 Å². The number of benzene rings is 3. The Morgan fingerprint density at radius 1 is 0.760 bits per heavy atom. The van der Waals surface area contributed by atoms with Crippen molar-refractivity contribution in [1.29, 1.82) is 0 Å². The predicted octanol–water partition coefficient (Wildman–Crippen LogP) is 6.68. The molecular formula is C20H14Cl3NO. The van der Waals surface area contributed by atoms with Crippen LogP contribution in [0.1, 0.15) is 22.0 Å². The fraction of sp³-hybridized carbons (Fsp3) is 0.0500. The van der Waals surface area contributed by atoms with E-state index in [-0.39, 0.29) is 5.78 Å². The van der Waals surface area contributed by atoms with Gasteiger partial charge in [0.2, 0.25) is 0 Å². The monoisotopic (exact) mass is 389 g/mol. The van der Waals surface area contributed by atoms with Crippen LogP contribution in [0.4, 0.5) is 5.69 Å². The van der Waals surface area contributed by atoms with Crippen LogP contribution in [0.2, 0.25) is 15.1 Å². The standard InChI is InChI=1S/C20H14Cl3NO/c21-15-11-17(23)18(12-16(15)22)24-19(13-7-3-1-4-8-13)20(25)14-9-5-2-6-10-14/h1-12,19,24H. The van der Waals surface area contributed by atoms with Gasteiger partial charge in [-0.25, -0.2) is 0 Å². The van der Waals surface area contributed by atoms with Crippen molar-refractivity contribution in [2.24, 2.45) is 0 Å². The highest BCUT2D eigenvalue weighted by molar-refractivity contribution is 6.44. The van der Waals surface area contributed by atoms with Crippen molar-refractivity contribution in [1.82, 2.24) is 0 Å². The normalized spacial score (nSPS) is 11.8. The van der Waals surface area contributed by atoms with Crippen molar-refractivity contribution in [3.8, 4) is 0 Å². The second-order valence-corrected chi connectivity index (χ2v) is 6.69. The molecule has 0 heterocycles. The summed E-state index contributed by atoms with van der Waals surface area (Å²) in [5.74, 6) is -0.0612. The summed E-state index contributed by atoms with van der Waals surface area (Å²) in [5.41, 5.74) is 1.99. The molecule has 1 N–H and O–H groups in total. The minimum absolute atomic E-state index is 0.0612. The highest BCUT2D eigenvalue weighted by Crippen LogP contribution is 2.35. The molecule has 3 aromatic rings. The van der Waals surface area contributed by atoms with Gasteiger partial charge in [0.15, 0.2) is 5.78 Å². The van der Waals surface area contributed by atoms with Crippen molar-refractivity contribution in [2.75, 3.05) is 5.32 Å². The summed E-state index contributed by atoms with van der Waals surface area (Å²) >= 11 is 18.3. The number of carbonyl (C=O) groups is 1. The van der Waals surface area contributed by atoms with Crippen LogP contribution in [-0.4, -0.2) is 5.78 Å². The number of Topliss-reactive ketones (excluding diaryl/α,β-unsaturated/α-hetero) is 1. The third-order valence-corrected chi connectivity index (χ3v) is 4.80. The molecule has 0 fully saturated rings. The smallest absolute Gasteiger partial charge is 0.189 e. The molecule has 1 atom stereocenters. The Kier molecular flexibility index (Phi) is 5.64. The Morgan fingerprint density at radius 2 is 1.32 bits per heavy atom. The molecule has 0 radical (unpaired) electrons. The molecule has 0 spiro atoms. The maximum atomic E-state index is 13.0. The fourth-order valence-electron chi connectivity index (χ4n) is 2.50. The van der Waals surface area contributed by atoms with E-state index < -0.39 is 6.04 Å². The number of ketones is 1. The van der Waals surface area contributed by atoms with E-state index in [9.17, 15) is 4.79 Å². The molecule has 0 aliphatic carbocycles. The second-order valence-electron chi connectivity index (χ2n) is 5.46. The van der Waals surface area contributed by atoms with Gasteiger partial charge in [-0.15, -0.1) is 0 Å². The minimum Gasteiger partial charge on any atom is -0.370 e. The Morgan fingerprint density at radius 3 is 1.96 bits per heavy atom. The molecule has 0 saturated carbocycles. The Labute approximate surface area is 161 Å². The van der Waals surface area contributed by atoms with Crippen LogP contribution < -0.4 is 5.32 Å². The summed E-state index contributed by atoms with van der Waals surface area (Å²) in [6.45, 7) is 0. The van der Waals surface area contributed by atoms with Crippen molar-refractivity contribution in [3.63, 3.8) is 0 Å². The lowest BCUT2D eigenvalue weighted by molar-refractivity contribution is 0.0969. The van der Waals surface area contributed by atoms with Crippen molar-refractivity contribution in [2.45, 2.75) is 6.04 Å². The lowest BCUT2D eigenvalue weighted by Crippen LogP contribution is -2.21. The van der Waals surface area contributed by atoms with E-state index in [1.165, 1.54) is 0 Å². The maximum Gasteiger partial charge on any atom is 0.189 e. The summed E-state index contributed by atoms with van der Waals surface area (Å²) in [6, 6.07) is 21.2. The number of halogens is 3. The van der Waals surface area contributed by atoms with Crippen LogP contribution in [0, 0.1) is 0 Å². The third-order valence-electron chi connectivity index (χ3n) is 3.76. The summed E-state index contributed by atoms with van der Waals surface area (Å²) in [5, 5.41) is 4.34. The van der Waals surface area contributed by atoms with Crippen molar-refractivity contribution >= 4 is 46.3 Å². The topological polar surface area (TPSA) is 29.1 Å². The van der Waals surface area contributed by atoms with Gasteiger partial charge >= 0.3 is 0 Å². The molecule has 3 rings (SSSR count). The van der Waals surface area contributed by atoms with Gasteiger partial charge in [-0.3, -0.25) is 4.79 Å². The second kappa shape index (κ2) is 7.92. The first kappa shape index (κ1) is 17.8. The zero-order chi connectivity index (χ0) is 17.8. The molecule has 0 saturated heterocycles. The highest BCUT2D eigenvalue weighted by atomic mass is 35.5. The van der Waals surface area contributed by atoms with Crippen LogP contribution in [0.25, 0.3) is 0 Å². The van der Waals surface area contributed by atoms with E-state index in [2.05, 4.69) is 5.32 Å². The molecule has 25 heavy (non-hydrogen) atoms. The van der Waals surface area contributed by atoms with Gasteiger partial charge < -0.3 is 5.32 Å². The highest BCUT2D eigenvalue weighted by Gasteiger charge is 2.23. The zero-order valence-corrected chi connectivity index (χ0v) is 15.3. The molecule has 126 valence electrons. The van der Waals surface area contributed by atoms with Crippen LogP contribution in [0.5, 0.6) is 0 Å². The largest absolute Gasteiger partial charge is 0.370 e. The van der Waals surface area contributed by atoms with Gasteiger partial charge in [0, 0.05) is 5.56 Å².